The molecule has 120 valence electrons. The van der Waals surface area contributed by atoms with Crippen LogP contribution in [0.4, 0.5) is 0 Å². The van der Waals surface area contributed by atoms with Crippen LogP contribution in [0, 0.1) is 17.3 Å². The predicted octanol–water partition coefficient (Wildman–Crippen LogP) is 1.90. The number of carbonyl (C=O) groups excluding carboxylic acids is 1. The molecule has 0 bridgehead atoms. The molecule has 1 amide bonds. The number of amides is 1. The van der Waals surface area contributed by atoms with Crippen LogP contribution in [0.3, 0.4) is 0 Å². The van der Waals surface area contributed by atoms with Crippen molar-refractivity contribution in [2.75, 3.05) is 13.1 Å². The maximum Gasteiger partial charge on any atom is 0.223 e. The molecule has 2 atom stereocenters. The minimum atomic E-state index is -0.0454. The Labute approximate surface area is 133 Å². The fourth-order valence-corrected chi connectivity index (χ4v) is 2.54. The molecule has 1 fully saturated rings. The first-order valence-corrected chi connectivity index (χ1v) is 7.28. The number of nitrogens with one attached hydrogen (secondary N) is 2. The lowest BCUT2D eigenvalue weighted by Gasteiger charge is -2.35. The standard InChI is InChI=1S/C15H26N4O.ClH/c1-10(11-6-16-7-11)14(20)18-13(15(2,3)4)12-8-17-19(5)9-12;/h8-11,13,16H,6-7H2,1-5H3,(H,18,20);1H. The minimum absolute atomic E-state index is 0. The lowest BCUT2D eigenvalue weighted by atomic mass is 9.82. The number of aryl methyl sites for hydroxylation is 1. The monoisotopic (exact) mass is 314 g/mol. The summed E-state index contributed by atoms with van der Waals surface area (Å²) in [5, 5.41) is 10.7. The fraction of sp³-hybridized carbons (Fsp3) is 0.733. The van der Waals surface area contributed by atoms with Crippen molar-refractivity contribution in [1.29, 1.82) is 0 Å². The van der Waals surface area contributed by atoms with Crippen molar-refractivity contribution in [3.05, 3.63) is 18.0 Å². The molecular formula is C15H27ClN4O. The highest BCUT2D eigenvalue weighted by Gasteiger charge is 2.33. The van der Waals surface area contributed by atoms with Crippen molar-refractivity contribution in [1.82, 2.24) is 20.4 Å². The van der Waals surface area contributed by atoms with E-state index in [0.717, 1.165) is 18.7 Å². The van der Waals surface area contributed by atoms with Crippen molar-refractivity contribution in [2.45, 2.75) is 33.7 Å². The summed E-state index contributed by atoms with van der Waals surface area (Å²) >= 11 is 0. The van der Waals surface area contributed by atoms with E-state index in [1.807, 2.05) is 26.4 Å². The Hall–Kier alpha value is -1.07. The molecule has 21 heavy (non-hydrogen) atoms. The number of carbonyl (C=O) groups is 1. The van der Waals surface area contributed by atoms with Gasteiger partial charge in [0.05, 0.1) is 12.2 Å². The van der Waals surface area contributed by atoms with Crippen LogP contribution in [-0.4, -0.2) is 28.8 Å². The second-order valence-electron chi connectivity index (χ2n) is 6.96. The summed E-state index contributed by atoms with van der Waals surface area (Å²) in [5.41, 5.74) is 1.02. The van der Waals surface area contributed by atoms with Gasteiger partial charge in [-0.1, -0.05) is 27.7 Å². The quantitative estimate of drug-likeness (QED) is 0.892. The van der Waals surface area contributed by atoms with Gasteiger partial charge >= 0.3 is 0 Å². The Balaban J connectivity index is 0.00000220. The topological polar surface area (TPSA) is 59.0 Å². The van der Waals surface area contributed by atoms with Crippen molar-refractivity contribution in [3.8, 4) is 0 Å². The first kappa shape index (κ1) is 18.0. The van der Waals surface area contributed by atoms with Gasteiger partial charge in [0, 0.05) is 24.7 Å². The van der Waals surface area contributed by atoms with Gasteiger partial charge in [-0.05, 0) is 24.4 Å². The Bertz CT molecular complexity index is 476. The van der Waals surface area contributed by atoms with Crippen LogP contribution >= 0.6 is 12.4 Å². The van der Waals surface area contributed by atoms with Crippen LogP contribution in [0.15, 0.2) is 12.4 Å². The summed E-state index contributed by atoms with van der Waals surface area (Å²) in [6.45, 7) is 10.3. The molecule has 2 rings (SSSR count). The maximum atomic E-state index is 12.4. The number of hydrogen-bond donors (Lipinski definition) is 2. The fourth-order valence-electron chi connectivity index (χ4n) is 2.54. The first-order chi connectivity index (χ1) is 9.29. The number of halogens is 1. The van der Waals surface area contributed by atoms with E-state index in [4.69, 9.17) is 0 Å². The lowest BCUT2D eigenvalue weighted by molar-refractivity contribution is -0.128. The highest BCUT2D eigenvalue weighted by molar-refractivity contribution is 5.85. The molecule has 0 saturated carbocycles. The number of hydrogen-bond acceptors (Lipinski definition) is 3. The molecule has 2 unspecified atom stereocenters. The largest absolute Gasteiger partial charge is 0.348 e. The van der Waals surface area contributed by atoms with Crippen molar-refractivity contribution < 1.29 is 4.79 Å². The van der Waals surface area contributed by atoms with Gasteiger partial charge in [-0.2, -0.15) is 5.10 Å². The Morgan fingerprint density at radius 1 is 1.48 bits per heavy atom. The molecule has 6 heteroatoms. The molecule has 1 saturated heterocycles. The van der Waals surface area contributed by atoms with Crippen molar-refractivity contribution in [3.63, 3.8) is 0 Å². The van der Waals surface area contributed by atoms with Crippen LogP contribution in [0.5, 0.6) is 0 Å². The SMILES string of the molecule is CC(C(=O)NC(c1cnn(C)c1)C(C)(C)C)C1CNC1.Cl. The van der Waals surface area contributed by atoms with E-state index >= 15 is 0 Å². The Kier molecular flexibility index (Phi) is 5.82. The summed E-state index contributed by atoms with van der Waals surface area (Å²) in [7, 11) is 1.90. The summed E-state index contributed by atoms with van der Waals surface area (Å²) in [5.74, 6) is 0.655. The molecule has 1 aliphatic rings. The third-order valence-electron chi connectivity index (χ3n) is 4.14. The number of nitrogens with zero attached hydrogens (tertiary/aromatic N) is 2. The molecule has 0 radical (unpaired) electrons. The van der Waals surface area contributed by atoms with E-state index in [1.165, 1.54) is 0 Å². The molecule has 0 aromatic carbocycles. The van der Waals surface area contributed by atoms with E-state index in [9.17, 15) is 4.79 Å². The zero-order valence-electron chi connectivity index (χ0n) is 13.5. The average molecular weight is 315 g/mol. The van der Waals surface area contributed by atoms with E-state index < -0.39 is 0 Å². The van der Waals surface area contributed by atoms with Crippen LogP contribution < -0.4 is 10.6 Å². The molecule has 2 N–H and O–H groups in total. The maximum absolute atomic E-state index is 12.4. The van der Waals surface area contributed by atoms with Crippen molar-refractivity contribution in [2.24, 2.45) is 24.3 Å². The summed E-state index contributed by atoms with van der Waals surface area (Å²) in [6.07, 6.45) is 3.82. The zero-order valence-corrected chi connectivity index (χ0v) is 14.3. The van der Waals surface area contributed by atoms with Crippen molar-refractivity contribution >= 4 is 18.3 Å². The summed E-state index contributed by atoms with van der Waals surface area (Å²) in [6, 6.07) is -0.0146. The average Bonchev–Trinajstić information content (AvgIpc) is 2.67. The first-order valence-electron chi connectivity index (χ1n) is 7.28. The molecule has 0 spiro atoms. The van der Waals surface area contributed by atoms with Crippen LogP contribution in [0.25, 0.3) is 0 Å². The third kappa shape index (κ3) is 4.20. The second-order valence-corrected chi connectivity index (χ2v) is 6.96. The lowest BCUT2D eigenvalue weighted by Crippen LogP contribution is -2.50. The van der Waals surface area contributed by atoms with Gasteiger partial charge in [-0.15, -0.1) is 12.4 Å². The van der Waals surface area contributed by atoms with E-state index in [0.29, 0.717) is 5.92 Å². The Morgan fingerprint density at radius 2 is 2.10 bits per heavy atom. The van der Waals surface area contributed by atoms with E-state index in [2.05, 4.69) is 36.5 Å². The summed E-state index contributed by atoms with van der Waals surface area (Å²) in [4.78, 5) is 12.4. The molecule has 2 heterocycles. The second kappa shape index (κ2) is 6.79. The third-order valence-corrected chi connectivity index (χ3v) is 4.14. The minimum Gasteiger partial charge on any atom is -0.348 e. The van der Waals surface area contributed by atoms with E-state index in [1.54, 1.807) is 4.68 Å². The van der Waals surface area contributed by atoms with Gasteiger partial charge in [0.15, 0.2) is 0 Å². The molecule has 5 nitrogen and oxygen atoms in total. The molecule has 1 aromatic heterocycles. The molecular weight excluding hydrogens is 288 g/mol. The van der Waals surface area contributed by atoms with Crippen LogP contribution in [0.2, 0.25) is 0 Å². The van der Waals surface area contributed by atoms with Gasteiger partial charge in [0.2, 0.25) is 5.91 Å². The van der Waals surface area contributed by atoms with Gasteiger partial charge in [-0.3, -0.25) is 9.48 Å². The Morgan fingerprint density at radius 3 is 2.48 bits per heavy atom. The van der Waals surface area contributed by atoms with Gasteiger partial charge in [0.25, 0.3) is 0 Å². The number of aromatic nitrogens is 2. The van der Waals surface area contributed by atoms with E-state index in [-0.39, 0.29) is 35.7 Å². The smallest absolute Gasteiger partial charge is 0.223 e. The van der Waals surface area contributed by atoms with Gasteiger partial charge in [0.1, 0.15) is 0 Å². The zero-order chi connectivity index (χ0) is 14.9. The van der Waals surface area contributed by atoms with Gasteiger partial charge in [-0.25, -0.2) is 0 Å². The highest BCUT2D eigenvalue weighted by atomic mass is 35.5. The summed E-state index contributed by atoms with van der Waals surface area (Å²) < 4.78 is 1.78. The predicted molar refractivity (Wildman–Crippen MR) is 86.3 cm³/mol. The number of rotatable bonds is 4. The molecule has 1 aliphatic heterocycles. The van der Waals surface area contributed by atoms with Gasteiger partial charge < -0.3 is 10.6 Å². The van der Waals surface area contributed by atoms with Crippen LogP contribution in [0.1, 0.15) is 39.3 Å². The molecule has 0 aliphatic carbocycles. The highest BCUT2D eigenvalue weighted by Crippen LogP contribution is 2.33. The molecule has 1 aromatic rings. The van der Waals surface area contributed by atoms with Crippen LogP contribution in [-0.2, 0) is 11.8 Å². The normalized spacial score (nSPS) is 18.3.